The number of anilines is 3. The topological polar surface area (TPSA) is 87.3 Å². The number of carbonyl (C=O) groups is 3. The lowest BCUT2D eigenvalue weighted by Crippen LogP contribution is -2.20. The van der Waals surface area contributed by atoms with Crippen LogP contribution in [-0.2, 0) is 19.3 Å². The molecule has 0 bridgehead atoms. The third-order valence-electron chi connectivity index (χ3n) is 7.95. The maximum atomic E-state index is 13.6. The molecule has 6 heteroatoms. The summed E-state index contributed by atoms with van der Waals surface area (Å²) >= 11 is 0. The van der Waals surface area contributed by atoms with Crippen LogP contribution < -0.4 is 16.0 Å². The summed E-state index contributed by atoms with van der Waals surface area (Å²) < 4.78 is 0. The summed E-state index contributed by atoms with van der Waals surface area (Å²) in [6.07, 6.45) is 6.01. The van der Waals surface area contributed by atoms with Crippen LogP contribution in [0.2, 0.25) is 0 Å². The first-order valence-corrected chi connectivity index (χ1v) is 16.0. The molecular weight excluding hydrogens is 558 g/mol. The van der Waals surface area contributed by atoms with Crippen molar-refractivity contribution in [2.45, 2.75) is 80.1 Å². The van der Waals surface area contributed by atoms with Gasteiger partial charge in [-0.2, -0.15) is 0 Å². The quantitative estimate of drug-likeness (QED) is 0.151. The van der Waals surface area contributed by atoms with E-state index in [2.05, 4.69) is 54.9 Å². The molecule has 0 saturated heterocycles. The fraction of sp³-hybridized carbons (Fsp3) is 0.308. The Labute approximate surface area is 267 Å². The first-order valence-electron chi connectivity index (χ1n) is 16.0. The number of benzene rings is 4. The van der Waals surface area contributed by atoms with Gasteiger partial charge in [0.05, 0.1) is 0 Å². The van der Waals surface area contributed by atoms with Crippen molar-refractivity contribution in [3.63, 3.8) is 0 Å². The molecular formula is C39H45N3O3. The van der Waals surface area contributed by atoms with Gasteiger partial charge in [0.15, 0.2) is 0 Å². The molecule has 4 aromatic rings. The van der Waals surface area contributed by atoms with Crippen LogP contribution in [0, 0.1) is 20.8 Å². The average molecular weight is 604 g/mol. The van der Waals surface area contributed by atoms with Crippen molar-refractivity contribution in [2.75, 3.05) is 16.0 Å². The molecule has 3 amide bonds. The molecule has 0 aliphatic rings. The van der Waals surface area contributed by atoms with Gasteiger partial charge in [0.25, 0.3) is 17.7 Å². The number of carbonyl (C=O) groups excluding carboxylic acids is 3. The van der Waals surface area contributed by atoms with Crippen molar-refractivity contribution in [3.05, 3.63) is 123 Å². The van der Waals surface area contributed by atoms with Crippen molar-refractivity contribution in [2.24, 2.45) is 0 Å². The van der Waals surface area contributed by atoms with Crippen molar-refractivity contribution < 1.29 is 14.4 Å². The maximum absolute atomic E-state index is 13.6. The standard InChI is InChI=1S/C39H45N3O3/c1-7-10-28-13-16-34(25(4)19-28)40-37(43)31-22-32(38(44)41-35-17-14-29(11-8-2)20-26(35)5)24-33(23-31)39(45)42-36-18-15-30(12-9-3)21-27(36)6/h13-24H,7-12H2,1-6H3,(H,40,43)(H,41,44)(H,42,45). The van der Waals surface area contributed by atoms with E-state index < -0.39 is 17.7 Å². The van der Waals surface area contributed by atoms with Gasteiger partial charge < -0.3 is 16.0 Å². The van der Waals surface area contributed by atoms with E-state index >= 15 is 0 Å². The zero-order valence-electron chi connectivity index (χ0n) is 27.4. The Kier molecular flexibility index (Phi) is 11.3. The molecule has 0 aliphatic heterocycles. The Bertz CT molecular complexity index is 1500. The van der Waals surface area contributed by atoms with E-state index in [1.165, 1.54) is 34.9 Å². The molecule has 4 rings (SSSR count). The number of hydrogen-bond donors (Lipinski definition) is 3. The minimum absolute atomic E-state index is 0.217. The highest BCUT2D eigenvalue weighted by atomic mass is 16.2. The minimum atomic E-state index is -0.398. The molecule has 0 unspecified atom stereocenters. The highest BCUT2D eigenvalue weighted by Crippen LogP contribution is 2.23. The van der Waals surface area contributed by atoms with E-state index in [4.69, 9.17) is 0 Å². The first kappa shape index (κ1) is 33.2. The number of aryl methyl sites for hydroxylation is 6. The predicted molar refractivity (Wildman–Crippen MR) is 186 cm³/mol. The summed E-state index contributed by atoms with van der Waals surface area (Å²) in [6.45, 7) is 12.3. The third kappa shape index (κ3) is 8.69. The average Bonchev–Trinajstić information content (AvgIpc) is 3.01. The molecule has 0 radical (unpaired) electrons. The van der Waals surface area contributed by atoms with Crippen molar-refractivity contribution in [1.82, 2.24) is 0 Å². The van der Waals surface area contributed by atoms with Gasteiger partial charge in [-0.1, -0.05) is 76.4 Å². The molecule has 0 fully saturated rings. The van der Waals surface area contributed by atoms with Gasteiger partial charge in [-0.25, -0.2) is 0 Å². The Morgan fingerprint density at radius 2 is 0.711 bits per heavy atom. The predicted octanol–water partition coefficient (Wildman–Crippen LogP) is 9.23. The van der Waals surface area contributed by atoms with Crippen molar-refractivity contribution in [3.8, 4) is 0 Å². The molecule has 6 nitrogen and oxygen atoms in total. The van der Waals surface area contributed by atoms with Crippen molar-refractivity contribution >= 4 is 34.8 Å². The minimum Gasteiger partial charge on any atom is -0.322 e. The lowest BCUT2D eigenvalue weighted by atomic mass is 10.0. The Hall–Kier alpha value is -4.71. The Balaban J connectivity index is 1.66. The number of hydrogen-bond acceptors (Lipinski definition) is 3. The summed E-state index contributed by atoms with van der Waals surface area (Å²) in [7, 11) is 0. The molecule has 4 aromatic carbocycles. The maximum Gasteiger partial charge on any atom is 0.255 e. The summed E-state index contributed by atoms with van der Waals surface area (Å²) in [4.78, 5) is 40.7. The second-order valence-corrected chi connectivity index (χ2v) is 11.9. The Morgan fingerprint density at radius 1 is 0.444 bits per heavy atom. The smallest absolute Gasteiger partial charge is 0.255 e. The van der Waals surface area contributed by atoms with Crippen LogP contribution in [0.15, 0.2) is 72.8 Å². The lowest BCUT2D eigenvalue weighted by Gasteiger charge is -2.15. The zero-order chi connectivity index (χ0) is 32.5. The van der Waals surface area contributed by atoms with Gasteiger partial charge in [-0.15, -0.1) is 0 Å². The van der Waals surface area contributed by atoms with E-state index in [1.54, 1.807) is 0 Å². The highest BCUT2D eigenvalue weighted by molar-refractivity contribution is 6.13. The summed E-state index contributed by atoms with van der Waals surface area (Å²) in [5.74, 6) is -1.19. The number of amides is 3. The van der Waals surface area contributed by atoms with Crippen LogP contribution in [0.3, 0.4) is 0 Å². The fourth-order valence-corrected chi connectivity index (χ4v) is 5.53. The molecule has 0 aromatic heterocycles. The largest absolute Gasteiger partial charge is 0.322 e. The second kappa shape index (κ2) is 15.3. The van der Waals surface area contributed by atoms with E-state index in [0.717, 1.165) is 55.2 Å². The van der Waals surface area contributed by atoms with Crippen molar-refractivity contribution in [1.29, 1.82) is 0 Å². The molecule has 3 N–H and O–H groups in total. The van der Waals surface area contributed by atoms with Crippen LogP contribution in [0.1, 0.15) is 104 Å². The normalized spacial score (nSPS) is 10.8. The van der Waals surface area contributed by atoms with Crippen LogP contribution in [0.5, 0.6) is 0 Å². The second-order valence-electron chi connectivity index (χ2n) is 11.9. The van der Waals surface area contributed by atoms with Gasteiger partial charge in [-0.05, 0) is 110 Å². The SMILES string of the molecule is CCCc1ccc(NC(=O)c2cc(C(=O)Nc3ccc(CCC)cc3C)cc(C(=O)Nc3ccc(CCC)cc3C)c2)c(C)c1. The van der Waals surface area contributed by atoms with Crippen LogP contribution in [0.25, 0.3) is 0 Å². The van der Waals surface area contributed by atoms with E-state index in [-0.39, 0.29) is 16.7 Å². The molecule has 0 spiro atoms. The Morgan fingerprint density at radius 3 is 0.933 bits per heavy atom. The molecule has 0 saturated carbocycles. The van der Waals surface area contributed by atoms with Crippen LogP contribution >= 0.6 is 0 Å². The third-order valence-corrected chi connectivity index (χ3v) is 7.95. The molecule has 0 aliphatic carbocycles. The first-order chi connectivity index (χ1) is 21.6. The lowest BCUT2D eigenvalue weighted by molar-refractivity contribution is 0.102. The van der Waals surface area contributed by atoms with Gasteiger partial charge in [0.1, 0.15) is 0 Å². The zero-order valence-corrected chi connectivity index (χ0v) is 27.4. The van der Waals surface area contributed by atoms with Crippen LogP contribution in [0.4, 0.5) is 17.1 Å². The van der Waals surface area contributed by atoms with Gasteiger partial charge in [0.2, 0.25) is 0 Å². The van der Waals surface area contributed by atoms with Gasteiger partial charge >= 0.3 is 0 Å². The van der Waals surface area contributed by atoms with E-state index in [9.17, 15) is 14.4 Å². The molecule has 234 valence electrons. The monoisotopic (exact) mass is 603 g/mol. The summed E-state index contributed by atoms with van der Waals surface area (Å²) in [6, 6.07) is 22.6. The summed E-state index contributed by atoms with van der Waals surface area (Å²) in [5, 5.41) is 8.94. The van der Waals surface area contributed by atoms with E-state index in [1.807, 2.05) is 57.2 Å². The number of rotatable bonds is 12. The summed E-state index contributed by atoms with van der Waals surface area (Å²) in [5.41, 5.74) is 9.19. The van der Waals surface area contributed by atoms with Gasteiger partial charge in [-0.3, -0.25) is 14.4 Å². The molecule has 0 heterocycles. The van der Waals surface area contributed by atoms with Gasteiger partial charge in [0, 0.05) is 33.8 Å². The highest BCUT2D eigenvalue weighted by Gasteiger charge is 2.19. The molecule has 0 atom stereocenters. The molecule has 45 heavy (non-hydrogen) atoms. The number of nitrogens with one attached hydrogen (secondary N) is 3. The van der Waals surface area contributed by atoms with Crippen LogP contribution in [-0.4, -0.2) is 17.7 Å². The van der Waals surface area contributed by atoms with E-state index in [0.29, 0.717) is 17.1 Å². The fourth-order valence-electron chi connectivity index (χ4n) is 5.53.